The maximum absolute atomic E-state index is 12.8. The molecule has 4 rings (SSSR count). The fourth-order valence-corrected chi connectivity index (χ4v) is 4.75. The summed E-state index contributed by atoms with van der Waals surface area (Å²) in [6.07, 6.45) is -3.62. The Morgan fingerprint density at radius 2 is 1.73 bits per heavy atom. The lowest BCUT2D eigenvalue weighted by atomic mass is 9.60. The number of Topliss-reactive ketones (excluding diaryl/α,β-unsaturated/α-hetero) is 1. The van der Waals surface area contributed by atoms with Crippen LogP contribution in [-0.4, -0.2) is 93.3 Å². The predicted molar refractivity (Wildman–Crippen MR) is 77.9 cm³/mol. The first-order valence-corrected chi connectivity index (χ1v) is 7.96. The van der Waals surface area contributed by atoms with Gasteiger partial charge in [0.05, 0.1) is 23.6 Å². The van der Waals surface area contributed by atoms with Crippen LogP contribution in [0.15, 0.2) is 0 Å². The van der Waals surface area contributed by atoms with Gasteiger partial charge in [-0.2, -0.15) is 0 Å². The third-order valence-electron chi connectivity index (χ3n) is 5.81. The van der Waals surface area contributed by atoms with E-state index in [4.69, 9.17) is 5.11 Å². The molecule has 7 nitrogen and oxygen atoms in total. The first-order valence-electron chi connectivity index (χ1n) is 7.96. The smallest absolute Gasteiger partial charge is 0.150 e. The van der Waals surface area contributed by atoms with Crippen LogP contribution in [0.5, 0.6) is 0 Å². The standard InChI is InChI=1S/C15H26N2O5/c1-3-15-7-16-5-14(2,13(15)22)6-17(8-15)12(16)11(21)10(20)9(19)4-18/h9-12,18-21H,3-8H2,1-2H3/t9-,10+,11+,12?,14?,15?/m0/s1. The van der Waals surface area contributed by atoms with Crippen LogP contribution in [0.3, 0.4) is 0 Å². The Hall–Kier alpha value is -0.570. The highest BCUT2D eigenvalue weighted by Crippen LogP contribution is 2.50. The predicted octanol–water partition coefficient (Wildman–Crippen LogP) is -2.00. The molecule has 4 N–H and O–H groups in total. The Bertz CT molecular complexity index is 455. The number of carbonyl (C=O) groups excluding carboxylic acids is 1. The molecule has 0 radical (unpaired) electrons. The molecule has 0 aliphatic carbocycles. The summed E-state index contributed by atoms with van der Waals surface area (Å²) in [7, 11) is 0. The van der Waals surface area contributed by atoms with E-state index in [0.29, 0.717) is 32.0 Å². The number of carbonyl (C=O) groups is 1. The maximum atomic E-state index is 12.8. The molecule has 0 spiro atoms. The number of piperidine rings is 2. The Kier molecular flexibility index (Phi) is 3.87. The zero-order valence-corrected chi connectivity index (χ0v) is 13.1. The Morgan fingerprint density at radius 3 is 2.18 bits per heavy atom. The lowest BCUT2D eigenvalue weighted by Crippen LogP contribution is -2.81. The molecule has 22 heavy (non-hydrogen) atoms. The van der Waals surface area contributed by atoms with E-state index in [1.165, 1.54) is 0 Å². The van der Waals surface area contributed by atoms with Gasteiger partial charge in [0.15, 0.2) is 0 Å². The van der Waals surface area contributed by atoms with Crippen LogP contribution >= 0.6 is 0 Å². The molecule has 0 aromatic rings. The van der Waals surface area contributed by atoms with E-state index in [-0.39, 0.29) is 5.41 Å². The van der Waals surface area contributed by atoms with Crippen molar-refractivity contribution in [2.75, 3.05) is 32.8 Å². The lowest BCUT2D eigenvalue weighted by Gasteiger charge is -2.66. The van der Waals surface area contributed by atoms with Gasteiger partial charge in [0.2, 0.25) is 0 Å². The summed E-state index contributed by atoms with van der Waals surface area (Å²) in [6.45, 7) is 5.68. The van der Waals surface area contributed by atoms with E-state index in [0.717, 1.165) is 6.42 Å². The topological polar surface area (TPSA) is 104 Å². The van der Waals surface area contributed by atoms with E-state index in [9.17, 15) is 20.1 Å². The monoisotopic (exact) mass is 314 g/mol. The van der Waals surface area contributed by atoms with E-state index in [1.54, 1.807) is 0 Å². The van der Waals surface area contributed by atoms with Crippen LogP contribution < -0.4 is 0 Å². The van der Waals surface area contributed by atoms with E-state index in [1.807, 2.05) is 13.8 Å². The molecule has 5 atom stereocenters. The molecular weight excluding hydrogens is 288 g/mol. The largest absolute Gasteiger partial charge is 0.394 e. The number of nitrogens with zero attached hydrogens (tertiary/aromatic N) is 2. The number of aliphatic hydroxyl groups is 4. The minimum absolute atomic E-state index is 0.318. The molecule has 4 aliphatic rings. The SMILES string of the molecule is CCC12CN3CC(C)(CN(C1)C3[C@H](O)[C@H](O)[C@@H](O)CO)C2=O. The van der Waals surface area contributed by atoms with Gasteiger partial charge in [0.1, 0.15) is 24.1 Å². The third-order valence-corrected chi connectivity index (χ3v) is 5.81. The molecule has 4 heterocycles. The average molecular weight is 314 g/mol. The summed E-state index contributed by atoms with van der Waals surface area (Å²) in [6, 6.07) is 0. The first-order chi connectivity index (χ1) is 10.3. The van der Waals surface area contributed by atoms with Crippen LogP contribution in [0.4, 0.5) is 0 Å². The highest BCUT2D eigenvalue weighted by atomic mass is 16.4. The van der Waals surface area contributed by atoms with E-state index < -0.39 is 36.5 Å². The molecule has 4 fully saturated rings. The molecule has 4 bridgehead atoms. The highest BCUT2D eigenvalue weighted by Gasteiger charge is 2.64. The van der Waals surface area contributed by atoms with Crippen LogP contribution in [-0.2, 0) is 4.79 Å². The van der Waals surface area contributed by atoms with Gasteiger partial charge >= 0.3 is 0 Å². The van der Waals surface area contributed by atoms with Gasteiger partial charge in [0, 0.05) is 26.2 Å². The Balaban J connectivity index is 1.86. The van der Waals surface area contributed by atoms with Gasteiger partial charge < -0.3 is 20.4 Å². The van der Waals surface area contributed by atoms with Crippen molar-refractivity contribution in [2.24, 2.45) is 10.8 Å². The van der Waals surface area contributed by atoms with Crippen molar-refractivity contribution in [3.05, 3.63) is 0 Å². The summed E-state index contributed by atoms with van der Waals surface area (Å²) < 4.78 is 0. The second-order valence-electron chi connectivity index (χ2n) is 7.48. The average Bonchev–Trinajstić information content (AvgIpc) is 2.49. The molecule has 0 saturated carbocycles. The minimum atomic E-state index is -1.41. The Labute approximate surface area is 130 Å². The Morgan fingerprint density at radius 1 is 1.18 bits per heavy atom. The lowest BCUT2D eigenvalue weighted by molar-refractivity contribution is -0.228. The van der Waals surface area contributed by atoms with Crippen molar-refractivity contribution < 1.29 is 25.2 Å². The summed E-state index contributed by atoms with van der Waals surface area (Å²) in [5.41, 5.74) is -0.814. The molecular formula is C15H26N2O5. The third kappa shape index (κ3) is 2.07. The summed E-state index contributed by atoms with van der Waals surface area (Å²) >= 11 is 0. The highest BCUT2D eigenvalue weighted by molar-refractivity contribution is 5.93. The molecule has 126 valence electrons. The number of hydrogen-bond donors (Lipinski definition) is 4. The van der Waals surface area contributed by atoms with Crippen molar-refractivity contribution in [1.82, 2.24) is 9.80 Å². The van der Waals surface area contributed by atoms with Gasteiger partial charge in [-0.15, -0.1) is 0 Å². The zero-order valence-electron chi connectivity index (χ0n) is 13.1. The molecule has 0 amide bonds. The molecule has 7 heteroatoms. The maximum Gasteiger partial charge on any atom is 0.150 e. The number of aliphatic hydroxyl groups excluding tert-OH is 4. The fraction of sp³-hybridized carbons (Fsp3) is 0.933. The molecule has 2 unspecified atom stereocenters. The van der Waals surface area contributed by atoms with Crippen molar-refractivity contribution in [1.29, 1.82) is 0 Å². The minimum Gasteiger partial charge on any atom is -0.394 e. The van der Waals surface area contributed by atoms with Crippen molar-refractivity contribution in [3.8, 4) is 0 Å². The fourth-order valence-electron chi connectivity index (χ4n) is 4.75. The normalized spacial score (nSPS) is 47.5. The molecule has 0 aromatic heterocycles. The van der Waals surface area contributed by atoms with Crippen LogP contribution in [0.2, 0.25) is 0 Å². The number of rotatable bonds is 5. The number of ketones is 1. The van der Waals surface area contributed by atoms with Gasteiger partial charge in [0.25, 0.3) is 0 Å². The van der Waals surface area contributed by atoms with Gasteiger partial charge in [-0.05, 0) is 6.42 Å². The quantitative estimate of drug-likeness (QED) is 0.465. The van der Waals surface area contributed by atoms with Crippen LogP contribution in [0, 0.1) is 10.8 Å². The first kappa shape index (κ1) is 16.3. The van der Waals surface area contributed by atoms with E-state index in [2.05, 4.69) is 9.80 Å². The van der Waals surface area contributed by atoms with Crippen molar-refractivity contribution >= 4 is 5.78 Å². The summed E-state index contributed by atoms with van der Waals surface area (Å²) in [5.74, 6) is 0.318. The van der Waals surface area contributed by atoms with Gasteiger partial charge in [-0.25, -0.2) is 0 Å². The summed E-state index contributed by atoms with van der Waals surface area (Å²) in [4.78, 5) is 16.9. The molecule has 4 saturated heterocycles. The second-order valence-corrected chi connectivity index (χ2v) is 7.48. The van der Waals surface area contributed by atoms with Crippen molar-refractivity contribution in [2.45, 2.75) is 44.7 Å². The van der Waals surface area contributed by atoms with Crippen LogP contribution in [0.1, 0.15) is 20.3 Å². The van der Waals surface area contributed by atoms with Crippen LogP contribution in [0.25, 0.3) is 0 Å². The van der Waals surface area contributed by atoms with Gasteiger partial charge in [-0.3, -0.25) is 14.6 Å². The molecule has 4 aliphatic heterocycles. The van der Waals surface area contributed by atoms with Crippen molar-refractivity contribution in [3.63, 3.8) is 0 Å². The summed E-state index contributed by atoms with van der Waals surface area (Å²) in [5, 5.41) is 39.1. The zero-order chi connectivity index (χ0) is 16.3. The molecule has 0 aromatic carbocycles. The second kappa shape index (κ2) is 5.22. The van der Waals surface area contributed by atoms with Gasteiger partial charge in [-0.1, -0.05) is 13.8 Å². The number of hydrogen-bond acceptors (Lipinski definition) is 7. The van der Waals surface area contributed by atoms with E-state index >= 15 is 0 Å².